The van der Waals surface area contributed by atoms with Crippen molar-refractivity contribution >= 4 is 23.4 Å². The van der Waals surface area contributed by atoms with Crippen molar-refractivity contribution < 1.29 is 13.5 Å². The van der Waals surface area contributed by atoms with E-state index in [9.17, 15) is 8.78 Å². The van der Waals surface area contributed by atoms with Crippen LogP contribution in [0.15, 0.2) is 23.1 Å². The maximum Gasteiger partial charge on any atom is 0.387 e. The van der Waals surface area contributed by atoms with Crippen LogP contribution >= 0.6 is 23.4 Å². The molecule has 0 saturated heterocycles. The minimum absolute atomic E-state index is 0.00877. The molecular weight excluding hydrogens is 218 g/mol. The van der Waals surface area contributed by atoms with E-state index in [2.05, 4.69) is 4.74 Å². The summed E-state index contributed by atoms with van der Waals surface area (Å²) in [7, 11) is 0. The van der Waals surface area contributed by atoms with Gasteiger partial charge in [0, 0.05) is 4.90 Å². The summed E-state index contributed by atoms with van der Waals surface area (Å²) < 4.78 is 27.8. The number of rotatable bonds is 3. The van der Waals surface area contributed by atoms with Crippen molar-refractivity contribution in [1.29, 1.82) is 0 Å². The maximum absolute atomic E-state index is 11.8. The zero-order valence-corrected chi connectivity index (χ0v) is 8.33. The third-order valence-electron chi connectivity index (χ3n) is 1.36. The molecule has 0 atom stereocenters. The third-order valence-corrected chi connectivity index (χ3v) is 2.38. The SMILES string of the molecule is CSc1ccc(OC(F)F)c(Cl)c1. The number of ether oxygens (including phenoxy) is 1. The minimum atomic E-state index is -2.84. The lowest BCUT2D eigenvalue weighted by molar-refractivity contribution is -0.0498. The average Bonchev–Trinajstić information content (AvgIpc) is 2.08. The largest absolute Gasteiger partial charge is 0.433 e. The smallest absolute Gasteiger partial charge is 0.387 e. The van der Waals surface area contributed by atoms with E-state index in [0.29, 0.717) is 0 Å². The van der Waals surface area contributed by atoms with E-state index in [1.54, 1.807) is 12.1 Å². The quantitative estimate of drug-likeness (QED) is 0.725. The monoisotopic (exact) mass is 224 g/mol. The molecular formula is C8H7ClF2OS. The number of hydrogen-bond acceptors (Lipinski definition) is 2. The number of alkyl halides is 2. The van der Waals surface area contributed by atoms with E-state index in [1.165, 1.54) is 17.8 Å². The Morgan fingerprint density at radius 3 is 2.62 bits per heavy atom. The fraction of sp³-hybridized carbons (Fsp3) is 0.250. The van der Waals surface area contributed by atoms with Gasteiger partial charge in [0.05, 0.1) is 5.02 Å². The van der Waals surface area contributed by atoms with E-state index < -0.39 is 6.61 Å². The predicted molar refractivity (Wildman–Crippen MR) is 49.9 cm³/mol. The van der Waals surface area contributed by atoms with Crippen molar-refractivity contribution in [2.24, 2.45) is 0 Å². The Bertz CT molecular complexity index is 293. The van der Waals surface area contributed by atoms with Crippen LogP contribution in [-0.4, -0.2) is 12.9 Å². The Morgan fingerprint density at radius 1 is 1.46 bits per heavy atom. The van der Waals surface area contributed by atoms with E-state index in [1.807, 2.05) is 6.26 Å². The molecule has 0 aromatic heterocycles. The molecule has 0 saturated carbocycles. The Labute approximate surface area is 84.0 Å². The van der Waals surface area contributed by atoms with Crippen molar-refractivity contribution in [2.45, 2.75) is 11.5 Å². The van der Waals surface area contributed by atoms with E-state index >= 15 is 0 Å². The standard InChI is InChI=1S/C8H7ClF2OS/c1-13-5-2-3-7(6(9)4-5)12-8(10)11/h2-4,8H,1H3. The van der Waals surface area contributed by atoms with Crippen LogP contribution in [0.1, 0.15) is 0 Å². The van der Waals surface area contributed by atoms with Crippen LogP contribution in [0, 0.1) is 0 Å². The van der Waals surface area contributed by atoms with Crippen LogP contribution in [0.3, 0.4) is 0 Å². The lowest BCUT2D eigenvalue weighted by Crippen LogP contribution is -2.02. The van der Waals surface area contributed by atoms with Gasteiger partial charge in [-0.2, -0.15) is 8.78 Å². The summed E-state index contributed by atoms with van der Waals surface area (Å²) in [6.45, 7) is -2.84. The lowest BCUT2D eigenvalue weighted by atomic mass is 10.3. The fourth-order valence-electron chi connectivity index (χ4n) is 0.800. The number of halogens is 3. The van der Waals surface area contributed by atoms with Gasteiger partial charge in [-0.25, -0.2) is 0 Å². The summed E-state index contributed by atoms with van der Waals surface area (Å²) >= 11 is 7.16. The normalized spacial score (nSPS) is 10.5. The first kappa shape index (κ1) is 10.6. The number of thioether (sulfide) groups is 1. The van der Waals surface area contributed by atoms with Crippen LogP contribution in [0.2, 0.25) is 5.02 Å². The van der Waals surface area contributed by atoms with Crippen molar-refractivity contribution in [3.63, 3.8) is 0 Å². The van der Waals surface area contributed by atoms with Gasteiger partial charge in [0.2, 0.25) is 0 Å². The van der Waals surface area contributed by atoms with Gasteiger partial charge >= 0.3 is 6.61 Å². The molecule has 1 aromatic carbocycles. The molecule has 0 radical (unpaired) electrons. The molecule has 0 unspecified atom stereocenters. The van der Waals surface area contributed by atoms with Crippen LogP contribution in [0.4, 0.5) is 8.78 Å². The van der Waals surface area contributed by atoms with Crippen LogP contribution in [0.25, 0.3) is 0 Å². The Kier molecular flexibility index (Phi) is 3.81. The molecule has 13 heavy (non-hydrogen) atoms. The van der Waals surface area contributed by atoms with E-state index in [4.69, 9.17) is 11.6 Å². The second kappa shape index (κ2) is 4.67. The molecule has 0 bridgehead atoms. The molecule has 0 aliphatic carbocycles. The molecule has 0 aliphatic rings. The van der Waals surface area contributed by atoms with Gasteiger partial charge in [0.25, 0.3) is 0 Å². The number of benzene rings is 1. The minimum Gasteiger partial charge on any atom is -0.433 e. The predicted octanol–water partition coefficient (Wildman–Crippen LogP) is 3.66. The first-order valence-corrected chi connectivity index (χ1v) is 5.02. The van der Waals surface area contributed by atoms with Crippen molar-refractivity contribution in [2.75, 3.05) is 6.26 Å². The maximum atomic E-state index is 11.8. The van der Waals surface area contributed by atoms with E-state index in [0.717, 1.165) is 4.90 Å². The Morgan fingerprint density at radius 2 is 2.15 bits per heavy atom. The Hall–Kier alpha value is -0.480. The lowest BCUT2D eigenvalue weighted by Gasteiger charge is -2.06. The van der Waals surface area contributed by atoms with Crippen LogP contribution in [-0.2, 0) is 0 Å². The molecule has 0 spiro atoms. The molecule has 1 aromatic rings. The molecule has 0 heterocycles. The van der Waals surface area contributed by atoms with Crippen molar-refractivity contribution in [3.8, 4) is 5.75 Å². The zero-order chi connectivity index (χ0) is 9.84. The van der Waals surface area contributed by atoms with Crippen LogP contribution < -0.4 is 4.74 Å². The van der Waals surface area contributed by atoms with Gasteiger partial charge in [-0.3, -0.25) is 0 Å². The summed E-state index contributed by atoms with van der Waals surface area (Å²) in [5, 5.41) is 0.201. The summed E-state index contributed by atoms with van der Waals surface area (Å²) in [6.07, 6.45) is 1.87. The molecule has 0 fully saturated rings. The topological polar surface area (TPSA) is 9.23 Å². The highest BCUT2D eigenvalue weighted by molar-refractivity contribution is 7.98. The molecule has 1 rings (SSSR count). The molecule has 0 amide bonds. The molecule has 0 aliphatic heterocycles. The first-order chi connectivity index (χ1) is 6.13. The van der Waals surface area contributed by atoms with Gasteiger partial charge in [-0.1, -0.05) is 11.6 Å². The zero-order valence-electron chi connectivity index (χ0n) is 6.76. The first-order valence-electron chi connectivity index (χ1n) is 3.42. The second-order valence-electron chi connectivity index (χ2n) is 2.17. The van der Waals surface area contributed by atoms with Gasteiger partial charge in [0.1, 0.15) is 5.75 Å². The van der Waals surface area contributed by atoms with Crippen molar-refractivity contribution in [3.05, 3.63) is 23.2 Å². The molecule has 1 nitrogen and oxygen atoms in total. The summed E-state index contributed by atoms with van der Waals surface area (Å²) in [5.41, 5.74) is 0. The highest BCUT2D eigenvalue weighted by Gasteiger charge is 2.08. The molecule has 0 N–H and O–H groups in total. The third kappa shape index (κ3) is 3.04. The molecule has 5 heteroatoms. The summed E-state index contributed by atoms with van der Waals surface area (Å²) in [5.74, 6) is 0.00877. The van der Waals surface area contributed by atoms with Crippen LogP contribution in [0.5, 0.6) is 5.75 Å². The number of hydrogen-bond donors (Lipinski definition) is 0. The van der Waals surface area contributed by atoms with Gasteiger partial charge in [-0.05, 0) is 24.5 Å². The van der Waals surface area contributed by atoms with E-state index in [-0.39, 0.29) is 10.8 Å². The highest BCUT2D eigenvalue weighted by atomic mass is 35.5. The van der Waals surface area contributed by atoms with Gasteiger partial charge in [0.15, 0.2) is 0 Å². The van der Waals surface area contributed by atoms with Gasteiger partial charge < -0.3 is 4.74 Å². The fourth-order valence-corrected chi connectivity index (χ4v) is 1.53. The summed E-state index contributed by atoms with van der Waals surface area (Å²) in [4.78, 5) is 0.909. The highest BCUT2D eigenvalue weighted by Crippen LogP contribution is 2.29. The Balaban J connectivity index is 2.85. The average molecular weight is 225 g/mol. The summed E-state index contributed by atoms with van der Waals surface area (Å²) in [6, 6.07) is 4.69. The molecule has 72 valence electrons. The van der Waals surface area contributed by atoms with Gasteiger partial charge in [-0.15, -0.1) is 11.8 Å². The van der Waals surface area contributed by atoms with Crippen molar-refractivity contribution in [1.82, 2.24) is 0 Å². The second-order valence-corrected chi connectivity index (χ2v) is 3.46.